The number of halogens is 1. The molecule has 0 bridgehead atoms. The van der Waals surface area contributed by atoms with Crippen molar-refractivity contribution >= 4 is 34.1 Å². The predicted molar refractivity (Wildman–Crippen MR) is 147 cm³/mol. The second-order valence-electron chi connectivity index (χ2n) is 9.39. The minimum Gasteiger partial charge on any atom is -0.384 e. The van der Waals surface area contributed by atoms with E-state index in [1.54, 1.807) is 12.7 Å². The third kappa shape index (κ3) is 6.69. The molecule has 0 aliphatic carbocycles. The third-order valence-corrected chi connectivity index (χ3v) is 6.82. The van der Waals surface area contributed by atoms with Crippen LogP contribution >= 0.6 is 11.6 Å². The van der Waals surface area contributed by atoms with Gasteiger partial charge >= 0.3 is 0 Å². The summed E-state index contributed by atoms with van der Waals surface area (Å²) in [5, 5.41) is 24.1. The lowest BCUT2D eigenvalue weighted by molar-refractivity contribution is -0.120. The van der Waals surface area contributed by atoms with Crippen molar-refractivity contribution in [3.63, 3.8) is 0 Å². The highest BCUT2D eigenvalue weighted by atomic mass is 35.5. The van der Waals surface area contributed by atoms with Gasteiger partial charge in [-0.3, -0.25) is 9.36 Å². The Morgan fingerprint density at radius 1 is 1.11 bits per heavy atom. The quantitative estimate of drug-likeness (QED) is 0.234. The van der Waals surface area contributed by atoms with E-state index in [1.807, 2.05) is 39.7 Å². The van der Waals surface area contributed by atoms with Crippen LogP contribution in [-0.2, 0) is 16.1 Å². The molecule has 0 radical (unpaired) electrons. The van der Waals surface area contributed by atoms with Crippen LogP contribution in [0.5, 0.6) is 0 Å². The van der Waals surface area contributed by atoms with Crippen molar-refractivity contribution in [1.29, 1.82) is 0 Å². The van der Waals surface area contributed by atoms with E-state index in [0.29, 0.717) is 37.6 Å². The van der Waals surface area contributed by atoms with Crippen molar-refractivity contribution in [3.8, 4) is 5.69 Å². The van der Waals surface area contributed by atoms with E-state index in [9.17, 15) is 4.79 Å². The van der Waals surface area contributed by atoms with Gasteiger partial charge in [0, 0.05) is 55.3 Å². The van der Waals surface area contributed by atoms with Crippen LogP contribution in [0.2, 0.25) is 5.02 Å². The molecule has 10 nitrogen and oxygen atoms in total. The summed E-state index contributed by atoms with van der Waals surface area (Å²) in [5.41, 5.74) is 4.03. The van der Waals surface area contributed by atoms with Crippen LogP contribution in [0.15, 0.2) is 55.2 Å². The van der Waals surface area contributed by atoms with Crippen LogP contribution in [0.25, 0.3) is 16.6 Å². The molecule has 0 spiro atoms. The van der Waals surface area contributed by atoms with Gasteiger partial charge in [0.2, 0.25) is 5.91 Å². The molecule has 3 heterocycles. The van der Waals surface area contributed by atoms with Gasteiger partial charge in [-0.15, -0.1) is 10.2 Å². The molecule has 38 heavy (non-hydrogen) atoms. The highest BCUT2D eigenvalue weighted by Crippen LogP contribution is 2.32. The molecule has 200 valence electrons. The zero-order valence-electron chi connectivity index (χ0n) is 21.3. The van der Waals surface area contributed by atoms with Crippen LogP contribution in [0.4, 0.5) is 5.69 Å². The maximum atomic E-state index is 12.2. The van der Waals surface area contributed by atoms with Gasteiger partial charge in [0.05, 0.1) is 17.4 Å². The molecule has 1 amide bonds. The summed E-state index contributed by atoms with van der Waals surface area (Å²) in [7, 11) is 0. The fourth-order valence-electron chi connectivity index (χ4n) is 4.62. The summed E-state index contributed by atoms with van der Waals surface area (Å²) in [6.07, 6.45) is 9.59. The maximum absolute atomic E-state index is 12.2. The molecule has 1 unspecified atom stereocenters. The monoisotopic (exact) mass is 536 g/mol. The van der Waals surface area contributed by atoms with Crippen molar-refractivity contribution in [3.05, 3.63) is 65.8 Å². The molecular formula is C27H33ClN8O2. The zero-order valence-corrected chi connectivity index (χ0v) is 22.0. The van der Waals surface area contributed by atoms with Crippen LogP contribution in [0.3, 0.4) is 0 Å². The molecule has 1 atom stereocenters. The first kappa shape index (κ1) is 26.1. The van der Waals surface area contributed by atoms with E-state index >= 15 is 0 Å². The Bertz CT molecular complexity index is 1330. The summed E-state index contributed by atoms with van der Waals surface area (Å²) in [6, 6.07) is 11.9. The lowest BCUT2D eigenvalue weighted by atomic mass is 10.1. The Hall–Kier alpha value is -3.47. The first-order valence-electron chi connectivity index (χ1n) is 13.1. The van der Waals surface area contributed by atoms with Gasteiger partial charge < -0.3 is 20.7 Å². The Kier molecular flexibility index (Phi) is 8.85. The topological polar surface area (TPSA) is 111 Å². The van der Waals surface area contributed by atoms with Crippen LogP contribution in [0, 0.1) is 0 Å². The molecule has 5 rings (SSSR count). The predicted octanol–water partition coefficient (Wildman–Crippen LogP) is 4.07. The fraction of sp³-hybridized carbons (Fsp3) is 0.407. The molecule has 0 saturated carbocycles. The van der Waals surface area contributed by atoms with Gasteiger partial charge in [0.25, 0.3) is 0 Å². The first-order chi connectivity index (χ1) is 18.7. The summed E-state index contributed by atoms with van der Waals surface area (Å²) in [6.45, 7) is 3.36. The normalized spacial score (nSPS) is 15.6. The largest absolute Gasteiger partial charge is 0.384 e. The van der Waals surface area contributed by atoms with Gasteiger partial charge in [-0.2, -0.15) is 5.10 Å². The van der Waals surface area contributed by atoms with E-state index in [-0.39, 0.29) is 12.1 Å². The van der Waals surface area contributed by atoms with Crippen LogP contribution in [-0.4, -0.2) is 56.7 Å². The number of rotatable bonds is 12. The van der Waals surface area contributed by atoms with Crippen LogP contribution in [0.1, 0.15) is 43.9 Å². The number of carbonyl (C=O) groups is 1. The number of fused-ring (bicyclic) bond motifs is 1. The number of nitrogens with zero attached hydrogens (tertiary/aromatic N) is 5. The molecule has 11 heteroatoms. The highest BCUT2D eigenvalue weighted by molar-refractivity contribution is 6.30. The van der Waals surface area contributed by atoms with E-state index in [1.165, 1.54) is 0 Å². The molecule has 4 aromatic rings. The average Bonchev–Trinajstić information content (AvgIpc) is 3.62. The lowest BCUT2D eigenvalue weighted by Crippen LogP contribution is -2.29. The number of carbonyl (C=O) groups excluding carboxylic acids is 1. The third-order valence-electron chi connectivity index (χ3n) is 6.58. The van der Waals surface area contributed by atoms with Crippen LogP contribution < -0.4 is 16.0 Å². The number of hydrogen-bond donors (Lipinski definition) is 3. The number of aromatic nitrogens is 5. The lowest BCUT2D eigenvalue weighted by Gasteiger charge is -2.23. The Labute approximate surface area is 226 Å². The minimum absolute atomic E-state index is 0.0364. The van der Waals surface area contributed by atoms with Gasteiger partial charge in [-0.1, -0.05) is 23.7 Å². The Morgan fingerprint density at radius 2 is 2.00 bits per heavy atom. The SMILES string of the molecule is O=C(CCNCc1cccc(Cl)c1)NCCCNc1cc(-n2cnnc2)cc2c1cnn2C1CCCCO1. The second-order valence-corrected chi connectivity index (χ2v) is 9.83. The summed E-state index contributed by atoms with van der Waals surface area (Å²) in [4.78, 5) is 12.2. The second kappa shape index (κ2) is 12.9. The average molecular weight is 537 g/mol. The molecular weight excluding hydrogens is 504 g/mol. The minimum atomic E-state index is -0.0551. The van der Waals surface area contributed by atoms with Gasteiger partial charge in [0.15, 0.2) is 6.23 Å². The number of benzene rings is 2. The van der Waals surface area contributed by atoms with Crippen molar-refractivity contribution in [2.24, 2.45) is 0 Å². The smallest absolute Gasteiger partial charge is 0.221 e. The van der Waals surface area contributed by atoms with E-state index in [0.717, 1.165) is 60.1 Å². The number of amides is 1. The van der Waals surface area contributed by atoms with Crippen molar-refractivity contribution < 1.29 is 9.53 Å². The standard InChI is InChI=1S/C27H33ClN8O2/c28-21-6-3-5-20(13-21)16-29-11-8-26(37)31-10-4-9-30-24-14-22(35-18-32-33-19-35)15-25-23(24)17-34-36(25)27-7-1-2-12-38-27/h3,5-6,13-15,17-19,27,29-30H,1-2,4,7-12,16H2,(H,31,37). The van der Waals surface area contributed by atoms with E-state index in [4.69, 9.17) is 16.3 Å². The number of anilines is 1. The first-order valence-corrected chi connectivity index (χ1v) is 13.5. The summed E-state index contributed by atoms with van der Waals surface area (Å²) in [5.74, 6) is 0.0364. The van der Waals surface area contributed by atoms with E-state index < -0.39 is 0 Å². The summed E-state index contributed by atoms with van der Waals surface area (Å²) >= 11 is 6.01. The van der Waals surface area contributed by atoms with E-state index in [2.05, 4.69) is 43.4 Å². The Morgan fingerprint density at radius 3 is 2.82 bits per heavy atom. The molecule has 1 saturated heterocycles. The molecule has 1 aliphatic heterocycles. The molecule has 2 aromatic heterocycles. The number of ether oxygens (including phenoxy) is 1. The maximum Gasteiger partial charge on any atom is 0.221 e. The van der Waals surface area contributed by atoms with Crippen molar-refractivity contribution in [1.82, 2.24) is 35.2 Å². The highest BCUT2D eigenvalue weighted by Gasteiger charge is 2.20. The van der Waals surface area contributed by atoms with Gasteiger partial charge in [-0.05, 0) is 55.5 Å². The number of hydrogen-bond acceptors (Lipinski definition) is 7. The van der Waals surface area contributed by atoms with Gasteiger partial charge in [-0.25, -0.2) is 4.68 Å². The van der Waals surface area contributed by atoms with Crippen molar-refractivity contribution in [2.75, 3.05) is 31.6 Å². The molecule has 1 fully saturated rings. The van der Waals surface area contributed by atoms with Crippen molar-refractivity contribution in [2.45, 2.75) is 44.9 Å². The fourth-order valence-corrected chi connectivity index (χ4v) is 4.83. The zero-order chi connectivity index (χ0) is 26.2. The Balaban J connectivity index is 1.12. The van der Waals surface area contributed by atoms with Gasteiger partial charge in [0.1, 0.15) is 12.7 Å². The number of nitrogens with one attached hydrogen (secondary N) is 3. The molecule has 1 aliphatic rings. The molecule has 2 aromatic carbocycles. The molecule has 3 N–H and O–H groups in total. The summed E-state index contributed by atoms with van der Waals surface area (Å²) < 4.78 is 9.86.